The molecule has 1 fully saturated rings. The van der Waals surface area contributed by atoms with Crippen molar-refractivity contribution < 1.29 is 9.90 Å². The van der Waals surface area contributed by atoms with Crippen molar-refractivity contribution in [2.24, 2.45) is 5.92 Å². The van der Waals surface area contributed by atoms with E-state index >= 15 is 0 Å². The van der Waals surface area contributed by atoms with E-state index in [4.69, 9.17) is 16.7 Å². The van der Waals surface area contributed by atoms with Crippen molar-refractivity contribution in [1.82, 2.24) is 9.88 Å². The van der Waals surface area contributed by atoms with Gasteiger partial charge in [-0.1, -0.05) is 23.7 Å². The van der Waals surface area contributed by atoms with Crippen molar-refractivity contribution in [2.75, 3.05) is 19.7 Å². The van der Waals surface area contributed by atoms with Gasteiger partial charge in [0.05, 0.1) is 0 Å². The van der Waals surface area contributed by atoms with E-state index in [9.17, 15) is 4.79 Å². The molecule has 1 aliphatic heterocycles. The Labute approximate surface area is 138 Å². The van der Waals surface area contributed by atoms with Crippen molar-refractivity contribution in [2.45, 2.75) is 12.8 Å². The van der Waals surface area contributed by atoms with Gasteiger partial charge >= 0.3 is 0 Å². The third-order valence-corrected chi connectivity index (χ3v) is 5.12. The average molecular weight is 337 g/mol. The number of thiazole rings is 1. The second-order valence-electron chi connectivity index (χ2n) is 5.46. The van der Waals surface area contributed by atoms with Crippen LogP contribution in [0.15, 0.2) is 29.6 Å². The standard InChI is InChI=1S/C16H17ClN2O2S/c17-13-3-1-12(2-4-13)15-18-14(10-22-15)16(21)19-7-5-11(9-20)6-8-19/h1-4,10-11,20H,5-9H2. The second-order valence-corrected chi connectivity index (χ2v) is 6.76. The van der Waals surface area contributed by atoms with Gasteiger partial charge in [-0.3, -0.25) is 4.79 Å². The molecule has 2 heterocycles. The lowest BCUT2D eigenvalue weighted by molar-refractivity contribution is 0.0646. The maximum absolute atomic E-state index is 12.5. The molecule has 3 rings (SSSR count). The lowest BCUT2D eigenvalue weighted by atomic mass is 9.98. The van der Waals surface area contributed by atoms with Crippen LogP contribution in [0.4, 0.5) is 0 Å². The quantitative estimate of drug-likeness (QED) is 0.935. The fraction of sp³-hybridized carbons (Fsp3) is 0.375. The number of carbonyl (C=O) groups excluding carboxylic acids is 1. The van der Waals surface area contributed by atoms with Gasteiger partial charge in [0.25, 0.3) is 5.91 Å². The zero-order chi connectivity index (χ0) is 15.5. The van der Waals surface area contributed by atoms with Gasteiger partial charge in [-0.25, -0.2) is 4.98 Å². The maximum Gasteiger partial charge on any atom is 0.273 e. The summed E-state index contributed by atoms with van der Waals surface area (Å²) in [6, 6.07) is 7.45. The van der Waals surface area contributed by atoms with E-state index < -0.39 is 0 Å². The molecule has 0 saturated carbocycles. The molecule has 1 aromatic heterocycles. The summed E-state index contributed by atoms with van der Waals surface area (Å²) in [6.07, 6.45) is 1.72. The number of aliphatic hydroxyl groups excluding tert-OH is 1. The summed E-state index contributed by atoms with van der Waals surface area (Å²) in [6.45, 7) is 1.59. The van der Waals surface area contributed by atoms with Crippen LogP contribution in [0.1, 0.15) is 23.3 Å². The third-order valence-electron chi connectivity index (χ3n) is 3.97. The first-order valence-electron chi connectivity index (χ1n) is 7.29. The van der Waals surface area contributed by atoms with E-state index in [1.807, 2.05) is 34.5 Å². The van der Waals surface area contributed by atoms with Crippen molar-refractivity contribution in [3.8, 4) is 10.6 Å². The van der Waals surface area contributed by atoms with E-state index in [1.165, 1.54) is 11.3 Å². The Balaban J connectivity index is 1.71. The molecule has 1 aromatic carbocycles. The number of halogens is 1. The molecule has 0 bridgehead atoms. The van der Waals surface area contributed by atoms with Crippen LogP contribution in [0, 0.1) is 5.92 Å². The molecule has 1 amide bonds. The van der Waals surface area contributed by atoms with Gasteiger partial charge < -0.3 is 10.0 Å². The molecular formula is C16H17ClN2O2S. The van der Waals surface area contributed by atoms with E-state index in [2.05, 4.69) is 4.98 Å². The fourth-order valence-corrected chi connectivity index (χ4v) is 3.50. The number of hydrogen-bond acceptors (Lipinski definition) is 4. The fourth-order valence-electron chi connectivity index (χ4n) is 2.58. The van der Waals surface area contributed by atoms with Crippen molar-refractivity contribution in [1.29, 1.82) is 0 Å². The third kappa shape index (κ3) is 3.32. The minimum atomic E-state index is -0.0205. The minimum absolute atomic E-state index is 0.0205. The first kappa shape index (κ1) is 15.5. The minimum Gasteiger partial charge on any atom is -0.396 e. The highest BCUT2D eigenvalue weighted by Crippen LogP contribution is 2.26. The molecule has 1 saturated heterocycles. The monoisotopic (exact) mass is 336 g/mol. The zero-order valence-electron chi connectivity index (χ0n) is 12.0. The Hall–Kier alpha value is -1.43. The smallest absolute Gasteiger partial charge is 0.273 e. The van der Waals surface area contributed by atoms with Crippen LogP contribution in [0.3, 0.4) is 0 Å². The molecule has 0 radical (unpaired) electrons. The van der Waals surface area contributed by atoms with Crippen LogP contribution in [-0.4, -0.2) is 40.6 Å². The summed E-state index contributed by atoms with van der Waals surface area (Å²) < 4.78 is 0. The first-order valence-corrected chi connectivity index (χ1v) is 8.54. The van der Waals surface area contributed by atoms with E-state index in [0.29, 0.717) is 29.7 Å². The van der Waals surface area contributed by atoms with Crippen LogP contribution in [0.5, 0.6) is 0 Å². The van der Waals surface area contributed by atoms with Gasteiger partial charge in [0.2, 0.25) is 0 Å². The van der Waals surface area contributed by atoms with Gasteiger partial charge in [0, 0.05) is 35.7 Å². The number of nitrogens with zero attached hydrogens (tertiary/aromatic N) is 2. The summed E-state index contributed by atoms with van der Waals surface area (Å²) in [5.74, 6) is 0.303. The molecule has 6 heteroatoms. The van der Waals surface area contributed by atoms with Gasteiger partial charge in [0.1, 0.15) is 10.7 Å². The topological polar surface area (TPSA) is 53.4 Å². The molecule has 0 atom stereocenters. The largest absolute Gasteiger partial charge is 0.396 e. The Morgan fingerprint density at radius 2 is 2.00 bits per heavy atom. The van der Waals surface area contributed by atoms with Crippen LogP contribution in [0.2, 0.25) is 5.02 Å². The molecule has 4 nitrogen and oxygen atoms in total. The number of amides is 1. The number of hydrogen-bond donors (Lipinski definition) is 1. The van der Waals surface area contributed by atoms with Gasteiger partial charge in [-0.2, -0.15) is 0 Å². The highest BCUT2D eigenvalue weighted by Gasteiger charge is 2.24. The van der Waals surface area contributed by atoms with E-state index in [1.54, 1.807) is 0 Å². The lowest BCUT2D eigenvalue weighted by Crippen LogP contribution is -2.39. The van der Waals surface area contributed by atoms with Crippen molar-refractivity contribution in [3.63, 3.8) is 0 Å². The molecule has 2 aromatic rings. The number of piperidine rings is 1. The summed E-state index contributed by atoms with van der Waals surface area (Å²) >= 11 is 7.35. The maximum atomic E-state index is 12.5. The summed E-state index contributed by atoms with van der Waals surface area (Å²) in [5.41, 5.74) is 1.46. The zero-order valence-corrected chi connectivity index (χ0v) is 13.6. The number of carbonyl (C=O) groups is 1. The predicted octanol–water partition coefficient (Wildman–Crippen LogP) is 3.31. The lowest BCUT2D eigenvalue weighted by Gasteiger charge is -2.30. The van der Waals surface area contributed by atoms with Crippen LogP contribution < -0.4 is 0 Å². The van der Waals surface area contributed by atoms with E-state index in [-0.39, 0.29) is 12.5 Å². The molecule has 0 aliphatic carbocycles. The van der Waals surface area contributed by atoms with Crippen LogP contribution in [-0.2, 0) is 0 Å². The summed E-state index contributed by atoms with van der Waals surface area (Å²) in [5, 5.41) is 12.5. The molecule has 0 spiro atoms. The second kappa shape index (κ2) is 6.77. The molecule has 116 valence electrons. The first-order chi connectivity index (χ1) is 10.7. The van der Waals surface area contributed by atoms with Gasteiger partial charge in [-0.05, 0) is 30.9 Å². The van der Waals surface area contributed by atoms with Crippen LogP contribution in [0.25, 0.3) is 10.6 Å². The molecule has 22 heavy (non-hydrogen) atoms. The van der Waals surface area contributed by atoms with Crippen LogP contribution >= 0.6 is 22.9 Å². The number of rotatable bonds is 3. The predicted molar refractivity (Wildman–Crippen MR) is 88.3 cm³/mol. The average Bonchev–Trinajstić information content (AvgIpc) is 3.05. The van der Waals surface area contributed by atoms with Crippen molar-refractivity contribution in [3.05, 3.63) is 40.4 Å². The highest BCUT2D eigenvalue weighted by atomic mass is 35.5. The summed E-state index contributed by atoms with van der Waals surface area (Å²) in [4.78, 5) is 18.8. The highest BCUT2D eigenvalue weighted by molar-refractivity contribution is 7.13. The molecular weight excluding hydrogens is 320 g/mol. The number of aliphatic hydroxyl groups is 1. The SMILES string of the molecule is O=C(c1csc(-c2ccc(Cl)cc2)n1)N1CCC(CO)CC1. The Morgan fingerprint density at radius 1 is 1.32 bits per heavy atom. The normalized spacial score (nSPS) is 16.0. The van der Waals surface area contributed by atoms with Gasteiger partial charge in [0.15, 0.2) is 0 Å². The Kier molecular flexibility index (Phi) is 4.76. The number of likely N-dealkylation sites (tertiary alicyclic amines) is 1. The summed E-state index contributed by atoms with van der Waals surface area (Å²) in [7, 11) is 0. The Morgan fingerprint density at radius 3 is 2.64 bits per heavy atom. The number of benzene rings is 1. The van der Waals surface area contributed by atoms with E-state index in [0.717, 1.165) is 23.4 Å². The van der Waals surface area contributed by atoms with Gasteiger partial charge in [-0.15, -0.1) is 11.3 Å². The Bertz CT molecular complexity index is 648. The molecule has 1 aliphatic rings. The van der Waals surface area contributed by atoms with Crippen molar-refractivity contribution >= 4 is 28.8 Å². The molecule has 0 unspecified atom stereocenters. The number of aromatic nitrogens is 1. The molecule has 1 N–H and O–H groups in total.